The molecule has 5 rings (SSSR count). The van der Waals surface area contributed by atoms with Gasteiger partial charge in [0.2, 0.25) is 0 Å². The molecule has 0 saturated carbocycles. The molecular formula is C28H32F3N5O3. The first kappa shape index (κ1) is 27.2. The molecular weight excluding hydrogens is 511 g/mol. The van der Waals surface area contributed by atoms with E-state index in [9.17, 15) is 13.2 Å². The molecule has 2 atom stereocenters. The summed E-state index contributed by atoms with van der Waals surface area (Å²) in [5.41, 5.74) is 2.02. The summed E-state index contributed by atoms with van der Waals surface area (Å²) in [5, 5.41) is 6.52. The van der Waals surface area contributed by atoms with Gasteiger partial charge in [0.1, 0.15) is 24.0 Å². The minimum atomic E-state index is -4.34. The second-order valence-corrected chi connectivity index (χ2v) is 9.58. The van der Waals surface area contributed by atoms with E-state index < -0.39 is 11.7 Å². The van der Waals surface area contributed by atoms with E-state index in [0.717, 1.165) is 73.2 Å². The van der Waals surface area contributed by atoms with Gasteiger partial charge >= 0.3 is 6.18 Å². The monoisotopic (exact) mass is 543 g/mol. The number of hydrogen-bond donors (Lipinski definition) is 2. The van der Waals surface area contributed by atoms with Crippen molar-refractivity contribution in [2.24, 2.45) is 0 Å². The van der Waals surface area contributed by atoms with E-state index in [1.54, 1.807) is 19.5 Å². The van der Waals surface area contributed by atoms with Gasteiger partial charge in [-0.15, -0.1) is 0 Å². The van der Waals surface area contributed by atoms with Crippen LogP contribution in [0.5, 0.6) is 5.75 Å². The van der Waals surface area contributed by atoms with Gasteiger partial charge in [-0.25, -0.2) is 9.97 Å². The average Bonchev–Trinajstić information content (AvgIpc) is 3.36. The number of fused-ring (bicyclic) bond motifs is 1. The first-order chi connectivity index (χ1) is 18.9. The fourth-order valence-corrected chi connectivity index (χ4v) is 4.89. The van der Waals surface area contributed by atoms with E-state index in [-0.39, 0.29) is 12.0 Å². The number of benzene rings is 1. The van der Waals surface area contributed by atoms with Crippen molar-refractivity contribution in [1.29, 1.82) is 0 Å². The van der Waals surface area contributed by atoms with Crippen LogP contribution in [0, 0.1) is 0 Å². The molecule has 1 aromatic carbocycles. The van der Waals surface area contributed by atoms with Gasteiger partial charge in [-0.05, 0) is 35.4 Å². The molecule has 1 saturated heterocycles. The number of ether oxygens (including phenoxy) is 3. The second-order valence-electron chi connectivity index (χ2n) is 9.58. The molecule has 208 valence electrons. The number of aromatic nitrogens is 2. The topological polar surface area (TPSA) is 80.8 Å². The Balaban J connectivity index is 1.19. The van der Waals surface area contributed by atoms with Crippen molar-refractivity contribution in [3.63, 3.8) is 0 Å². The maximum atomic E-state index is 12.8. The zero-order valence-electron chi connectivity index (χ0n) is 21.7. The van der Waals surface area contributed by atoms with Gasteiger partial charge < -0.3 is 24.8 Å². The number of nitrogens with zero attached hydrogens (tertiary/aromatic N) is 3. The van der Waals surface area contributed by atoms with Crippen molar-refractivity contribution < 1.29 is 27.4 Å². The van der Waals surface area contributed by atoms with Crippen LogP contribution in [-0.4, -0.2) is 68.0 Å². The molecule has 2 N–H and O–H groups in total. The number of methoxy groups -OCH3 is 1. The van der Waals surface area contributed by atoms with E-state index in [0.29, 0.717) is 25.5 Å². The summed E-state index contributed by atoms with van der Waals surface area (Å²) < 4.78 is 55.6. The van der Waals surface area contributed by atoms with E-state index in [2.05, 4.69) is 25.5 Å². The lowest BCUT2D eigenvalue weighted by Crippen LogP contribution is -2.38. The van der Waals surface area contributed by atoms with Gasteiger partial charge in [0.15, 0.2) is 0 Å². The predicted octanol–water partition coefficient (Wildman–Crippen LogP) is 4.72. The Morgan fingerprint density at radius 3 is 2.59 bits per heavy atom. The Morgan fingerprint density at radius 1 is 1.10 bits per heavy atom. The fourth-order valence-electron chi connectivity index (χ4n) is 4.89. The fraction of sp³-hybridized carbons (Fsp3) is 0.429. The molecule has 2 unspecified atom stereocenters. The molecule has 8 nitrogen and oxygen atoms in total. The number of morpholine rings is 1. The van der Waals surface area contributed by atoms with Crippen LogP contribution in [0.3, 0.4) is 0 Å². The molecule has 2 aliphatic rings. The van der Waals surface area contributed by atoms with Crippen LogP contribution in [-0.2, 0) is 22.2 Å². The van der Waals surface area contributed by atoms with Gasteiger partial charge in [0, 0.05) is 57.5 Å². The second kappa shape index (κ2) is 12.2. The third-order valence-corrected chi connectivity index (χ3v) is 7.05. The maximum Gasteiger partial charge on any atom is 0.416 e. The summed E-state index contributed by atoms with van der Waals surface area (Å²) in [7, 11) is 1.68. The Bertz CT molecular complexity index is 1220. The summed E-state index contributed by atoms with van der Waals surface area (Å²) in [6, 6.07) is 10.9. The summed E-state index contributed by atoms with van der Waals surface area (Å²) in [6.45, 7) is 5.82. The highest BCUT2D eigenvalue weighted by molar-refractivity contribution is 5.55. The van der Waals surface area contributed by atoms with Crippen molar-refractivity contribution in [3.05, 3.63) is 77.1 Å². The van der Waals surface area contributed by atoms with Crippen LogP contribution in [0.15, 0.2) is 54.9 Å². The number of nitrogens with one attached hydrogen (secondary N) is 2. The molecule has 4 heterocycles. The summed E-state index contributed by atoms with van der Waals surface area (Å²) in [6.07, 6.45) is -1.09. The first-order valence-corrected chi connectivity index (χ1v) is 13.0. The lowest BCUT2D eigenvalue weighted by atomic mass is 9.92. The standard InChI is InChI=1S/C28H32F3N5O3/c1-37-26(20-4-7-25(33-16-20)32-15-19-2-5-21(6-3-19)28(29,30)31)24-18-35-27-23(24)14-22(17-34-27)39-13-10-36-8-11-38-12-9-36/h2-7,14,16-17,24,26H,8-13,15,18H2,1H3,(H,32,33)(H,34,35). The van der Waals surface area contributed by atoms with E-state index in [1.807, 2.05) is 18.2 Å². The Labute approximate surface area is 225 Å². The molecule has 39 heavy (non-hydrogen) atoms. The molecule has 2 aromatic heterocycles. The van der Waals surface area contributed by atoms with Crippen molar-refractivity contribution in [2.45, 2.75) is 24.7 Å². The summed E-state index contributed by atoms with van der Waals surface area (Å²) in [5.74, 6) is 2.20. The zero-order valence-corrected chi connectivity index (χ0v) is 21.7. The van der Waals surface area contributed by atoms with Crippen LogP contribution in [0.1, 0.15) is 34.3 Å². The number of anilines is 2. The molecule has 0 spiro atoms. The number of alkyl halides is 3. The quantitative estimate of drug-likeness (QED) is 0.381. The lowest BCUT2D eigenvalue weighted by molar-refractivity contribution is -0.137. The largest absolute Gasteiger partial charge is 0.491 e. The number of hydrogen-bond acceptors (Lipinski definition) is 8. The molecule has 3 aromatic rings. The van der Waals surface area contributed by atoms with E-state index in [4.69, 9.17) is 14.2 Å². The maximum absolute atomic E-state index is 12.8. The molecule has 11 heteroatoms. The highest BCUT2D eigenvalue weighted by Gasteiger charge is 2.33. The van der Waals surface area contributed by atoms with Crippen molar-refractivity contribution in [3.8, 4) is 5.75 Å². The minimum Gasteiger partial charge on any atom is -0.491 e. The van der Waals surface area contributed by atoms with Crippen molar-refractivity contribution in [1.82, 2.24) is 14.9 Å². The SMILES string of the molecule is COC(c1ccc(NCc2ccc(C(F)(F)F)cc2)nc1)C1CNc2ncc(OCCN3CCOCC3)cc21. The highest BCUT2D eigenvalue weighted by Crippen LogP contribution is 2.41. The molecule has 0 radical (unpaired) electrons. The van der Waals surface area contributed by atoms with Crippen LogP contribution in [0.2, 0.25) is 0 Å². The predicted molar refractivity (Wildman–Crippen MR) is 141 cm³/mol. The van der Waals surface area contributed by atoms with Crippen LogP contribution < -0.4 is 15.4 Å². The van der Waals surface area contributed by atoms with Gasteiger partial charge in [0.05, 0.1) is 31.1 Å². The molecule has 0 amide bonds. The van der Waals surface area contributed by atoms with Gasteiger partial charge in [-0.1, -0.05) is 18.2 Å². The smallest absolute Gasteiger partial charge is 0.416 e. The van der Waals surface area contributed by atoms with Crippen LogP contribution >= 0.6 is 0 Å². The first-order valence-electron chi connectivity index (χ1n) is 13.0. The lowest BCUT2D eigenvalue weighted by Gasteiger charge is -2.26. The highest BCUT2D eigenvalue weighted by atomic mass is 19.4. The van der Waals surface area contributed by atoms with Gasteiger partial charge in [-0.3, -0.25) is 4.90 Å². The summed E-state index contributed by atoms with van der Waals surface area (Å²) in [4.78, 5) is 11.4. The third kappa shape index (κ3) is 6.78. The van der Waals surface area contributed by atoms with Gasteiger partial charge in [0.25, 0.3) is 0 Å². The van der Waals surface area contributed by atoms with Crippen molar-refractivity contribution >= 4 is 11.6 Å². The number of halogens is 3. The molecule has 1 fully saturated rings. The Kier molecular flexibility index (Phi) is 8.49. The van der Waals surface area contributed by atoms with Crippen LogP contribution in [0.4, 0.5) is 24.8 Å². The van der Waals surface area contributed by atoms with Crippen molar-refractivity contribution in [2.75, 3.05) is 63.7 Å². The Morgan fingerprint density at radius 2 is 1.90 bits per heavy atom. The molecule has 0 aliphatic carbocycles. The number of pyridine rings is 2. The average molecular weight is 544 g/mol. The van der Waals surface area contributed by atoms with Crippen LogP contribution in [0.25, 0.3) is 0 Å². The Hall–Kier alpha value is -3.41. The van der Waals surface area contributed by atoms with E-state index in [1.165, 1.54) is 12.1 Å². The summed E-state index contributed by atoms with van der Waals surface area (Å²) >= 11 is 0. The minimum absolute atomic E-state index is 0.0213. The molecule has 2 aliphatic heterocycles. The normalized spacial score (nSPS) is 18.3. The van der Waals surface area contributed by atoms with Gasteiger partial charge in [-0.2, -0.15) is 13.2 Å². The van der Waals surface area contributed by atoms with E-state index >= 15 is 0 Å². The number of rotatable bonds is 10. The zero-order chi connectivity index (χ0) is 27.2. The molecule has 0 bridgehead atoms. The third-order valence-electron chi connectivity index (χ3n) is 7.05.